The van der Waals surface area contributed by atoms with E-state index in [2.05, 4.69) is 27.4 Å². The van der Waals surface area contributed by atoms with E-state index in [-0.39, 0.29) is 24.0 Å². The van der Waals surface area contributed by atoms with Gasteiger partial charge in [-0.25, -0.2) is 0 Å². The number of nitrogens with zero attached hydrogens (tertiary/aromatic N) is 2. The molecule has 1 atom stereocenters. The first-order valence-corrected chi connectivity index (χ1v) is 9.10. The molecule has 7 nitrogen and oxygen atoms in total. The number of ether oxygens (including phenoxy) is 3. The van der Waals surface area contributed by atoms with Gasteiger partial charge in [-0.1, -0.05) is 6.92 Å². The van der Waals surface area contributed by atoms with Crippen molar-refractivity contribution in [2.45, 2.75) is 19.9 Å². The first kappa shape index (κ1) is 23.6. The van der Waals surface area contributed by atoms with E-state index in [0.717, 1.165) is 31.2 Å². The van der Waals surface area contributed by atoms with Crippen molar-refractivity contribution in [1.29, 1.82) is 0 Å². The number of aliphatic imine (C=N–C) groups is 1. The van der Waals surface area contributed by atoms with Crippen LogP contribution in [0, 0.1) is 5.92 Å². The highest BCUT2D eigenvalue weighted by Crippen LogP contribution is 2.38. The summed E-state index contributed by atoms with van der Waals surface area (Å²) >= 11 is 0. The lowest BCUT2D eigenvalue weighted by molar-refractivity contribution is 0.323. The maximum absolute atomic E-state index is 5.40. The van der Waals surface area contributed by atoms with E-state index in [4.69, 9.17) is 14.2 Å². The molecule has 2 rings (SSSR count). The van der Waals surface area contributed by atoms with E-state index in [1.165, 1.54) is 13.0 Å². The van der Waals surface area contributed by atoms with Crippen LogP contribution in [0.25, 0.3) is 0 Å². The second-order valence-corrected chi connectivity index (χ2v) is 6.39. The van der Waals surface area contributed by atoms with Crippen molar-refractivity contribution in [1.82, 2.24) is 15.5 Å². The third-order valence-electron chi connectivity index (χ3n) is 4.78. The van der Waals surface area contributed by atoms with Crippen molar-refractivity contribution >= 4 is 29.9 Å². The summed E-state index contributed by atoms with van der Waals surface area (Å²) in [5.41, 5.74) is 1.03. The van der Waals surface area contributed by atoms with Gasteiger partial charge in [0.1, 0.15) is 0 Å². The molecule has 0 aliphatic carbocycles. The average Bonchev–Trinajstić information content (AvgIpc) is 3.15. The minimum atomic E-state index is 0. The Morgan fingerprint density at radius 3 is 2.30 bits per heavy atom. The van der Waals surface area contributed by atoms with Crippen LogP contribution in [0.4, 0.5) is 0 Å². The van der Waals surface area contributed by atoms with Gasteiger partial charge in [-0.05, 0) is 43.1 Å². The monoisotopic (exact) mass is 492 g/mol. The third kappa shape index (κ3) is 6.60. The predicted molar refractivity (Wildman–Crippen MR) is 120 cm³/mol. The fraction of sp³-hybridized carbons (Fsp3) is 0.632. The smallest absolute Gasteiger partial charge is 0.203 e. The Hall–Kier alpha value is -1.42. The molecule has 1 saturated heterocycles. The zero-order valence-corrected chi connectivity index (χ0v) is 19.3. The zero-order valence-electron chi connectivity index (χ0n) is 17.0. The second-order valence-electron chi connectivity index (χ2n) is 6.39. The molecule has 0 bridgehead atoms. The molecule has 1 aromatic carbocycles. The fourth-order valence-electron chi connectivity index (χ4n) is 3.25. The normalized spacial score (nSPS) is 17.2. The van der Waals surface area contributed by atoms with Crippen LogP contribution in [0.5, 0.6) is 17.2 Å². The van der Waals surface area contributed by atoms with Crippen molar-refractivity contribution in [2.24, 2.45) is 10.9 Å². The Labute approximate surface area is 179 Å². The molecule has 0 spiro atoms. The number of likely N-dealkylation sites (tertiary alicyclic amines) is 1. The molecule has 1 aromatic rings. The molecule has 1 unspecified atom stereocenters. The van der Waals surface area contributed by atoms with Crippen molar-refractivity contribution in [3.63, 3.8) is 0 Å². The van der Waals surface area contributed by atoms with Gasteiger partial charge >= 0.3 is 0 Å². The van der Waals surface area contributed by atoms with E-state index >= 15 is 0 Å². The van der Waals surface area contributed by atoms with Crippen LogP contribution in [0.3, 0.4) is 0 Å². The molecule has 154 valence electrons. The molecule has 1 aliphatic heterocycles. The number of hydrogen-bond acceptors (Lipinski definition) is 5. The molecular formula is C19H33IN4O3. The van der Waals surface area contributed by atoms with Gasteiger partial charge in [0.15, 0.2) is 17.5 Å². The maximum atomic E-state index is 5.40. The van der Waals surface area contributed by atoms with Crippen LogP contribution >= 0.6 is 24.0 Å². The molecule has 0 amide bonds. The molecule has 0 aromatic heterocycles. The fourth-order valence-corrected chi connectivity index (χ4v) is 3.25. The van der Waals surface area contributed by atoms with Crippen molar-refractivity contribution in [2.75, 3.05) is 54.6 Å². The molecule has 8 heteroatoms. The van der Waals surface area contributed by atoms with Gasteiger partial charge in [0.25, 0.3) is 0 Å². The summed E-state index contributed by atoms with van der Waals surface area (Å²) in [6.45, 7) is 7.25. The summed E-state index contributed by atoms with van der Waals surface area (Å²) in [5, 5.41) is 6.78. The van der Waals surface area contributed by atoms with Crippen LogP contribution in [0.15, 0.2) is 17.1 Å². The Balaban J connectivity index is 0.00000364. The Morgan fingerprint density at radius 2 is 1.81 bits per heavy atom. The van der Waals surface area contributed by atoms with Crippen LogP contribution in [0.2, 0.25) is 0 Å². The summed E-state index contributed by atoms with van der Waals surface area (Å²) in [4.78, 5) is 6.80. The van der Waals surface area contributed by atoms with E-state index in [0.29, 0.717) is 29.7 Å². The first-order chi connectivity index (χ1) is 12.6. The van der Waals surface area contributed by atoms with Gasteiger partial charge in [-0.15, -0.1) is 24.0 Å². The Morgan fingerprint density at radius 1 is 1.15 bits per heavy atom. The minimum Gasteiger partial charge on any atom is -0.493 e. The molecule has 0 saturated carbocycles. The van der Waals surface area contributed by atoms with Crippen LogP contribution < -0.4 is 24.8 Å². The number of hydrogen-bond donors (Lipinski definition) is 2. The van der Waals surface area contributed by atoms with Gasteiger partial charge in [-0.3, -0.25) is 4.99 Å². The minimum absolute atomic E-state index is 0. The number of guanidine groups is 1. The molecular weight excluding hydrogens is 459 g/mol. The highest BCUT2D eigenvalue weighted by molar-refractivity contribution is 14.0. The van der Waals surface area contributed by atoms with Gasteiger partial charge in [0, 0.05) is 26.7 Å². The number of benzene rings is 1. The topological polar surface area (TPSA) is 67.4 Å². The lowest BCUT2D eigenvalue weighted by Gasteiger charge is -2.17. The number of rotatable bonds is 8. The van der Waals surface area contributed by atoms with Crippen LogP contribution in [-0.4, -0.2) is 65.4 Å². The number of methoxy groups -OCH3 is 3. The van der Waals surface area contributed by atoms with E-state index in [1.807, 2.05) is 12.1 Å². The molecule has 2 N–H and O–H groups in total. The molecule has 0 radical (unpaired) electrons. The highest BCUT2D eigenvalue weighted by atomic mass is 127. The first-order valence-electron chi connectivity index (χ1n) is 9.10. The summed E-state index contributed by atoms with van der Waals surface area (Å²) < 4.78 is 16.2. The summed E-state index contributed by atoms with van der Waals surface area (Å²) in [6.07, 6.45) is 1.24. The lowest BCUT2D eigenvalue weighted by atomic mass is 10.1. The Bertz CT molecular complexity index is 588. The molecule has 1 fully saturated rings. The Kier molecular flexibility index (Phi) is 10.6. The standard InChI is InChI=1S/C19H32N4O3.HI/c1-6-23-8-7-14(13-23)11-21-19(20-2)22-12-15-9-16(24-3)18(26-5)17(10-15)25-4;/h9-10,14H,6-8,11-13H2,1-5H3,(H2,20,21,22);1H. The van der Waals surface area contributed by atoms with Crippen molar-refractivity contribution in [3.8, 4) is 17.2 Å². The quantitative estimate of drug-likeness (QED) is 0.330. The molecule has 1 heterocycles. The second kappa shape index (κ2) is 12.1. The van der Waals surface area contributed by atoms with Crippen molar-refractivity contribution in [3.05, 3.63) is 17.7 Å². The largest absolute Gasteiger partial charge is 0.493 e. The van der Waals surface area contributed by atoms with Gasteiger partial charge in [0.05, 0.1) is 21.3 Å². The lowest BCUT2D eigenvalue weighted by Crippen LogP contribution is -2.39. The summed E-state index contributed by atoms with van der Waals surface area (Å²) in [5.74, 6) is 3.38. The maximum Gasteiger partial charge on any atom is 0.203 e. The zero-order chi connectivity index (χ0) is 18.9. The van der Waals surface area contributed by atoms with E-state index in [9.17, 15) is 0 Å². The van der Waals surface area contributed by atoms with Crippen molar-refractivity contribution < 1.29 is 14.2 Å². The highest BCUT2D eigenvalue weighted by Gasteiger charge is 2.21. The SMILES string of the molecule is CCN1CCC(CNC(=NC)NCc2cc(OC)c(OC)c(OC)c2)C1.I. The number of nitrogens with one attached hydrogen (secondary N) is 2. The summed E-state index contributed by atoms with van der Waals surface area (Å²) in [7, 11) is 6.64. The van der Waals surface area contributed by atoms with E-state index < -0.39 is 0 Å². The van der Waals surface area contributed by atoms with Gasteiger partial charge in [-0.2, -0.15) is 0 Å². The average molecular weight is 492 g/mol. The molecule has 27 heavy (non-hydrogen) atoms. The van der Waals surface area contributed by atoms with E-state index in [1.54, 1.807) is 28.4 Å². The summed E-state index contributed by atoms with van der Waals surface area (Å²) in [6, 6.07) is 3.88. The van der Waals surface area contributed by atoms with Gasteiger partial charge < -0.3 is 29.7 Å². The molecule has 1 aliphatic rings. The van der Waals surface area contributed by atoms with Gasteiger partial charge in [0.2, 0.25) is 5.75 Å². The predicted octanol–water partition coefficient (Wildman–Crippen LogP) is 2.34. The van der Waals surface area contributed by atoms with Crippen LogP contribution in [0.1, 0.15) is 18.9 Å². The third-order valence-corrected chi connectivity index (χ3v) is 4.78. The van der Waals surface area contributed by atoms with Crippen LogP contribution in [-0.2, 0) is 6.54 Å². The number of halogens is 1.